The second kappa shape index (κ2) is 6.28. The molecule has 0 radical (unpaired) electrons. The smallest absolute Gasteiger partial charge is 0.0624 e. The monoisotopic (exact) mass is 327 g/mol. The van der Waals surface area contributed by atoms with Crippen molar-refractivity contribution in [1.82, 2.24) is 4.98 Å². The molecule has 114 valence electrons. The second-order valence-electron chi connectivity index (χ2n) is 5.52. The van der Waals surface area contributed by atoms with Crippen LogP contribution in [0.25, 0.3) is 22.2 Å². The number of aromatic amines is 1. The molecule has 4 aromatic rings. The lowest BCUT2D eigenvalue weighted by molar-refractivity contribution is 1.44. The van der Waals surface area contributed by atoms with E-state index in [9.17, 15) is 0 Å². The molecule has 0 aliphatic rings. The summed E-state index contributed by atoms with van der Waals surface area (Å²) in [6.45, 7) is 0. The zero-order valence-corrected chi connectivity index (χ0v) is 13.6. The Bertz CT molecular complexity index is 1070. The van der Waals surface area contributed by atoms with Gasteiger partial charge in [0.2, 0.25) is 0 Å². The summed E-state index contributed by atoms with van der Waals surface area (Å²) in [6.07, 6.45) is 0. The molecule has 24 heavy (non-hydrogen) atoms. The Morgan fingerprint density at radius 1 is 0.708 bits per heavy atom. The Morgan fingerprint density at radius 3 is 2.25 bits per heavy atom. The van der Waals surface area contributed by atoms with E-state index in [1.54, 1.807) is 0 Å². The number of para-hydroxylation sites is 1. The van der Waals surface area contributed by atoms with E-state index in [2.05, 4.69) is 41.1 Å². The van der Waals surface area contributed by atoms with Crippen LogP contribution in [0.1, 0.15) is 11.1 Å². The summed E-state index contributed by atoms with van der Waals surface area (Å²) >= 11 is 6.23. The molecule has 1 nitrogen and oxygen atoms in total. The lowest BCUT2D eigenvalue weighted by Gasteiger charge is -1.99. The Morgan fingerprint density at radius 2 is 1.42 bits per heavy atom. The molecule has 0 amide bonds. The summed E-state index contributed by atoms with van der Waals surface area (Å²) in [5, 5.41) is 1.79. The summed E-state index contributed by atoms with van der Waals surface area (Å²) in [7, 11) is 0. The minimum atomic E-state index is 0.672. The van der Waals surface area contributed by atoms with Gasteiger partial charge in [-0.1, -0.05) is 84.1 Å². The number of hydrogen-bond donors (Lipinski definition) is 1. The van der Waals surface area contributed by atoms with Crippen LogP contribution < -0.4 is 0 Å². The molecule has 0 unspecified atom stereocenters. The molecule has 0 fully saturated rings. The number of halogens is 1. The zero-order chi connectivity index (χ0) is 16.4. The minimum absolute atomic E-state index is 0.672. The van der Waals surface area contributed by atoms with Gasteiger partial charge in [0.15, 0.2) is 0 Å². The minimum Gasteiger partial charge on any atom is -0.353 e. The summed E-state index contributed by atoms with van der Waals surface area (Å²) in [5.74, 6) is 6.54. The van der Waals surface area contributed by atoms with Crippen LogP contribution in [0.5, 0.6) is 0 Å². The molecule has 2 heteroatoms. The van der Waals surface area contributed by atoms with Crippen LogP contribution in [0.2, 0.25) is 5.02 Å². The molecule has 0 spiro atoms. The molecule has 3 aromatic carbocycles. The highest BCUT2D eigenvalue weighted by atomic mass is 35.5. The maximum Gasteiger partial charge on any atom is 0.0624 e. The number of aromatic nitrogens is 1. The summed E-state index contributed by atoms with van der Waals surface area (Å²) in [4.78, 5) is 3.50. The van der Waals surface area contributed by atoms with Crippen LogP contribution in [-0.4, -0.2) is 4.98 Å². The van der Waals surface area contributed by atoms with Crippen molar-refractivity contribution in [2.45, 2.75) is 0 Å². The largest absolute Gasteiger partial charge is 0.353 e. The lowest BCUT2D eigenvalue weighted by Crippen LogP contribution is -1.82. The van der Waals surface area contributed by atoms with Gasteiger partial charge in [-0.15, -0.1) is 0 Å². The molecule has 1 heterocycles. The van der Waals surface area contributed by atoms with Crippen molar-refractivity contribution in [1.29, 1.82) is 0 Å². The number of benzene rings is 3. The van der Waals surface area contributed by atoms with Crippen molar-refractivity contribution in [3.63, 3.8) is 0 Å². The Labute approximate surface area is 145 Å². The highest BCUT2D eigenvalue weighted by Crippen LogP contribution is 2.29. The Kier molecular flexibility index (Phi) is 3.83. The predicted octanol–water partition coefficient (Wildman–Crippen LogP) is 5.89. The van der Waals surface area contributed by atoms with Gasteiger partial charge in [-0.25, -0.2) is 0 Å². The molecule has 0 aliphatic heterocycles. The van der Waals surface area contributed by atoms with Gasteiger partial charge < -0.3 is 4.98 Å². The SMILES string of the molecule is Clc1ccccc1C#Cc1c(-c2ccccc2)[nH]c2ccccc12. The van der Waals surface area contributed by atoms with Gasteiger partial charge in [0.1, 0.15) is 0 Å². The van der Waals surface area contributed by atoms with Crippen molar-refractivity contribution in [2.24, 2.45) is 0 Å². The summed E-state index contributed by atoms with van der Waals surface area (Å²) < 4.78 is 0. The van der Waals surface area contributed by atoms with E-state index in [-0.39, 0.29) is 0 Å². The molecular weight excluding hydrogens is 314 g/mol. The van der Waals surface area contributed by atoms with E-state index in [1.165, 1.54) is 0 Å². The molecule has 1 N–H and O–H groups in total. The van der Waals surface area contributed by atoms with E-state index >= 15 is 0 Å². The molecule has 0 atom stereocenters. The van der Waals surface area contributed by atoms with E-state index in [4.69, 9.17) is 11.6 Å². The normalized spacial score (nSPS) is 10.4. The molecule has 0 saturated carbocycles. The maximum atomic E-state index is 6.23. The zero-order valence-electron chi connectivity index (χ0n) is 12.9. The van der Waals surface area contributed by atoms with Crippen molar-refractivity contribution in [3.05, 3.63) is 95.0 Å². The van der Waals surface area contributed by atoms with E-state index in [1.807, 2.05) is 54.6 Å². The van der Waals surface area contributed by atoms with Crippen molar-refractivity contribution < 1.29 is 0 Å². The van der Waals surface area contributed by atoms with Crippen LogP contribution in [0.3, 0.4) is 0 Å². The van der Waals surface area contributed by atoms with Crippen molar-refractivity contribution in [3.8, 4) is 23.1 Å². The Hall–Kier alpha value is -2.95. The number of H-pyrrole nitrogens is 1. The standard InChI is InChI=1S/C22H14ClN/c23-20-12-6-4-8-16(20)14-15-19-18-11-5-7-13-21(18)24-22(19)17-9-2-1-3-10-17/h1-13,24H. The van der Waals surface area contributed by atoms with Crippen molar-refractivity contribution >= 4 is 22.5 Å². The van der Waals surface area contributed by atoms with Crippen LogP contribution in [0, 0.1) is 11.8 Å². The number of fused-ring (bicyclic) bond motifs is 1. The fraction of sp³-hybridized carbons (Fsp3) is 0. The molecule has 1 aromatic heterocycles. The van der Waals surface area contributed by atoms with Gasteiger partial charge in [-0.3, -0.25) is 0 Å². The number of nitrogens with one attached hydrogen (secondary N) is 1. The molecule has 0 aliphatic carbocycles. The quantitative estimate of drug-likeness (QED) is 0.420. The lowest BCUT2D eigenvalue weighted by atomic mass is 10.1. The fourth-order valence-corrected chi connectivity index (χ4v) is 2.97. The highest BCUT2D eigenvalue weighted by Gasteiger charge is 2.10. The van der Waals surface area contributed by atoms with E-state index in [0.29, 0.717) is 5.02 Å². The molecule has 4 rings (SSSR count). The first kappa shape index (κ1) is 14.6. The third-order valence-corrected chi connectivity index (χ3v) is 4.29. The third-order valence-electron chi connectivity index (χ3n) is 3.96. The third kappa shape index (κ3) is 2.69. The van der Waals surface area contributed by atoms with Crippen LogP contribution >= 0.6 is 11.6 Å². The number of hydrogen-bond acceptors (Lipinski definition) is 0. The second-order valence-corrected chi connectivity index (χ2v) is 5.92. The van der Waals surface area contributed by atoms with Gasteiger partial charge in [0.25, 0.3) is 0 Å². The number of rotatable bonds is 1. The molecular formula is C22H14ClN. The first-order chi connectivity index (χ1) is 11.8. The summed E-state index contributed by atoms with van der Waals surface area (Å²) in [5.41, 5.74) is 5.08. The van der Waals surface area contributed by atoms with Crippen LogP contribution in [0.15, 0.2) is 78.9 Å². The van der Waals surface area contributed by atoms with Crippen LogP contribution in [0.4, 0.5) is 0 Å². The van der Waals surface area contributed by atoms with Crippen LogP contribution in [-0.2, 0) is 0 Å². The highest BCUT2D eigenvalue weighted by molar-refractivity contribution is 6.31. The average molecular weight is 328 g/mol. The van der Waals surface area contributed by atoms with Gasteiger partial charge in [0.05, 0.1) is 16.3 Å². The van der Waals surface area contributed by atoms with E-state index in [0.717, 1.165) is 33.3 Å². The predicted molar refractivity (Wildman–Crippen MR) is 101 cm³/mol. The molecule has 0 saturated heterocycles. The fourth-order valence-electron chi connectivity index (χ4n) is 2.79. The van der Waals surface area contributed by atoms with Gasteiger partial charge in [-0.2, -0.15) is 0 Å². The van der Waals surface area contributed by atoms with Crippen molar-refractivity contribution in [2.75, 3.05) is 0 Å². The summed E-state index contributed by atoms with van der Waals surface area (Å²) in [6, 6.07) is 26.1. The van der Waals surface area contributed by atoms with Gasteiger partial charge in [-0.05, 0) is 23.8 Å². The maximum absolute atomic E-state index is 6.23. The average Bonchev–Trinajstić information content (AvgIpc) is 3.00. The van der Waals surface area contributed by atoms with E-state index < -0.39 is 0 Å². The Balaban J connectivity index is 1.93. The van der Waals surface area contributed by atoms with Gasteiger partial charge in [0, 0.05) is 16.5 Å². The topological polar surface area (TPSA) is 15.8 Å². The first-order valence-corrected chi connectivity index (χ1v) is 8.13. The molecule has 0 bridgehead atoms. The van der Waals surface area contributed by atoms with Gasteiger partial charge >= 0.3 is 0 Å². The first-order valence-electron chi connectivity index (χ1n) is 7.75.